The van der Waals surface area contributed by atoms with E-state index in [2.05, 4.69) is 16.5 Å². The van der Waals surface area contributed by atoms with Crippen molar-refractivity contribution in [2.24, 2.45) is 0 Å². The van der Waals surface area contributed by atoms with Crippen molar-refractivity contribution in [3.8, 4) is 17.1 Å². The summed E-state index contributed by atoms with van der Waals surface area (Å²) in [5.41, 5.74) is 4.29. The number of benzene rings is 2. The fourth-order valence-electron chi connectivity index (χ4n) is 3.72. The molecule has 0 aliphatic carbocycles. The van der Waals surface area contributed by atoms with Crippen LogP contribution in [0.15, 0.2) is 61.3 Å². The first-order valence-electron chi connectivity index (χ1n) is 9.58. The Morgan fingerprint density at radius 2 is 2.17 bits per heavy atom. The Bertz CT molecular complexity index is 1240. The quantitative estimate of drug-likeness (QED) is 0.497. The van der Waals surface area contributed by atoms with Gasteiger partial charge in [0.1, 0.15) is 18.2 Å². The first-order valence-corrected chi connectivity index (χ1v) is 9.96. The van der Waals surface area contributed by atoms with Gasteiger partial charge in [0.2, 0.25) is 0 Å². The summed E-state index contributed by atoms with van der Waals surface area (Å²) in [5.74, 6) is 2.13. The molecule has 0 saturated heterocycles. The number of nitrogens with zero attached hydrogens (tertiary/aromatic N) is 3. The van der Waals surface area contributed by atoms with Gasteiger partial charge >= 0.3 is 0 Å². The van der Waals surface area contributed by atoms with E-state index in [4.69, 9.17) is 21.3 Å². The molecule has 2 N–H and O–H groups in total. The van der Waals surface area contributed by atoms with Gasteiger partial charge in [-0.1, -0.05) is 30.3 Å². The molecule has 1 aliphatic rings. The number of nitrogens with one attached hydrogen (secondary N) is 1. The maximum atomic E-state index is 9.96. The molecule has 1 aliphatic heterocycles. The molecule has 0 radical (unpaired) electrons. The summed E-state index contributed by atoms with van der Waals surface area (Å²) >= 11 is 6.11. The second kappa shape index (κ2) is 7.48. The number of hydrogen-bond donors (Lipinski definition) is 2. The number of H-pyrrole nitrogens is 1. The van der Waals surface area contributed by atoms with Crippen LogP contribution < -0.4 is 9.64 Å². The second-order valence-electron chi connectivity index (χ2n) is 7.07. The molecule has 5 rings (SSSR count). The number of para-hydroxylation sites is 1. The number of aliphatic hydroxyl groups excluding tert-OH is 1. The average molecular weight is 419 g/mol. The molecule has 0 saturated carbocycles. The van der Waals surface area contributed by atoms with Gasteiger partial charge in [-0.2, -0.15) is 0 Å². The van der Waals surface area contributed by atoms with Gasteiger partial charge < -0.3 is 19.7 Å². The molecular formula is C23H19ClN4O2. The van der Waals surface area contributed by atoms with Gasteiger partial charge in [0, 0.05) is 11.2 Å². The number of hydrogen-bond acceptors (Lipinski definition) is 5. The fraction of sp³-hybridized carbons (Fsp3) is 0.130. The topological polar surface area (TPSA) is 74.3 Å². The van der Waals surface area contributed by atoms with E-state index < -0.39 is 0 Å². The SMILES string of the molecule is C=Cc1ccc(N2c3cccc(-c4nc5ccc(Cl)cc5[nH]4)c3OCC2CO)nc1. The number of halogens is 1. The number of fused-ring (bicyclic) bond motifs is 2. The van der Waals surface area contributed by atoms with Crippen molar-refractivity contribution in [1.29, 1.82) is 0 Å². The van der Waals surface area contributed by atoms with Crippen LogP contribution >= 0.6 is 11.6 Å². The minimum atomic E-state index is -0.246. The van der Waals surface area contributed by atoms with Crippen molar-refractivity contribution in [1.82, 2.24) is 15.0 Å². The van der Waals surface area contributed by atoms with Crippen LogP contribution in [-0.4, -0.2) is 39.3 Å². The Morgan fingerprint density at radius 1 is 1.27 bits per heavy atom. The van der Waals surface area contributed by atoms with Crippen molar-refractivity contribution in [2.75, 3.05) is 18.1 Å². The molecule has 0 spiro atoms. The number of imidazole rings is 1. The summed E-state index contributed by atoms with van der Waals surface area (Å²) in [6, 6.07) is 15.0. The lowest BCUT2D eigenvalue weighted by Crippen LogP contribution is -2.43. The van der Waals surface area contributed by atoms with Crippen molar-refractivity contribution in [3.05, 3.63) is 71.9 Å². The Labute approximate surface area is 178 Å². The van der Waals surface area contributed by atoms with Crippen LogP contribution in [0.3, 0.4) is 0 Å². The van der Waals surface area contributed by atoms with E-state index >= 15 is 0 Å². The molecule has 2 aromatic carbocycles. The smallest absolute Gasteiger partial charge is 0.154 e. The van der Waals surface area contributed by atoms with Crippen LogP contribution in [0.5, 0.6) is 5.75 Å². The maximum absolute atomic E-state index is 9.96. The molecule has 30 heavy (non-hydrogen) atoms. The normalized spacial score (nSPS) is 15.7. The molecule has 6 nitrogen and oxygen atoms in total. The zero-order chi connectivity index (χ0) is 20.7. The van der Waals surface area contributed by atoms with Crippen LogP contribution in [-0.2, 0) is 0 Å². The lowest BCUT2D eigenvalue weighted by molar-refractivity contribution is 0.195. The molecule has 2 aromatic heterocycles. The predicted octanol–water partition coefficient (Wildman–Crippen LogP) is 4.81. The number of aliphatic hydroxyl groups is 1. The number of aromatic nitrogens is 3. The lowest BCUT2D eigenvalue weighted by atomic mass is 10.1. The van der Waals surface area contributed by atoms with Gasteiger partial charge in [-0.05, 0) is 48.0 Å². The van der Waals surface area contributed by atoms with Gasteiger partial charge in [0.25, 0.3) is 0 Å². The van der Waals surface area contributed by atoms with Gasteiger partial charge in [-0.3, -0.25) is 0 Å². The van der Waals surface area contributed by atoms with Crippen LogP contribution in [0, 0.1) is 0 Å². The summed E-state index contributed by atoms with van der Waals surface area (Å²) in [6.07, 6.45) is 3.51. The van der Waals surface area contributed by atoms with Crippen LogP contribution in [0.1, 0.15) is 5.56 Å². The largest absolute Gasteiger partial charge is 0.488 e. The van der Waals surface area contributed by atoms with Gasteiger partial charge in [0.05, 0.1) is 34.9 Å². The number of anilines is 2. The molecule has 0 bridgehead atoms. The number of ether oxygens (including phenoxy) is 1. The summed E-state index contributed by atoms with van der Waals surface area (Å²) in [5, 5.41) is 10.6. The van der Waals surface area contributed by atoms with Crippen LogP contribution in [0.25, 0.3) is 28.5 Å². The first kappa shape index (κ1) is 18.7. The van der Waals surface area contributed by atoms with Gasteiger partial charge in [-0.25, -0.2) is 9.97 Å². The zero-order valence-electron chi connectivity index (χ0n) is 16.0. The summed E-state index contributed by atoms with van der Waals surface area (Å²) in [7, 11) is 0. The molecule has 3 heterocycles. The van der Waals surface area contributed by atoms with Crippen molar-refractivity contribution in [2.45, 2.75) is 6.04 Å². The lowest BCUT2D eigenvalue weighted by Gasteiger charge is -2.37. The molecule has 1 atom stereocenters. The third-order valence-electron chi connectivity index (χ3n) is 5.20. The minimum Gasteiger partial charge on any atom is -0.488 e. The Kier molecular flexibility index (Phi) is 4.65. The molecule has 0 amide bonds. The predicted molar refractivity (Wildman–Crippen MR) is 119 cm³/mol. The van der Waals surface area contributed by atoms with Gasteiger partial charge in [-0.15, -0.1) is 0 Å². The van der Waals surface area contributed by atoms with Gasteiger partial charge in [0.15, 0.2) is 5.75 Å². The second-order valence-corrected chi connectivity index (χ2v) is 7.51. The van der Waals surface area contributed by atoms with E-state index in [1.54, 1.807) is 12.3 Å². The molecule has 150 valence electrons. The zero-order valence-corrected chi connectivity index (χ0v) is 16.8. The Hall–Kier alpha value is -3.35. The molecular weight excluding hydrogens is 400 g/mol. The van der Waals surface area contributed by atoms with E-state index in [1.807, 2.05) is 53.4 Å². The highest BCUT2D eigenvalue weighted by molar-refractivity contribution is 6.31. The summed E-state index contributed by atoms with van der Waals surface area (Å²) < 4.78 is 6.10. The molecule has 0 fully saturated rings. The minimum absolute atomic E-state index is 0.0578. The van der Waals surface area contributed by atoms with E-state index in [1.165, 1.54) is 0 Å². The fourth-order valence-corrected chi connectivity index (χ4v) is 3.89. The van der Waals surface area contributed by atoms with E-state index in [9.17, 15) is 5.11 Å². The Balaban J connectivity index is 1.64. The number of aromatic amines is 1. The first-order chi connectivity index (χ1) is 14.7. The molecule has 7 heteroatoms. The van der Waals surface area contributed by atoms with Crippen molar-refractivity contribution < 1.29 is 9.84 Å². The van der Waals surface area contributed by atoms with Crippen molar-refractivity contribution in [3.63, 3.8) is 0 Å². The monoisotopic (exact) mass is 418 g/mol. The summed E-state index contributed by atoms with van der Waals surface area (Å²) in [6.45, 7) is 4.05. The standard InChI is InChI=1S/C23H19ClN4O2/c1-2-14-6-9-21(25-11-14)28-16(12-29)13-30-22-17(4-3-5-20(22)28)23-26-18-8-7-15(24)10-19(18)27-23/h2-11,16,29H,1,12-13H2,(H,26,27). The third kappa shape index (κ3) is 3.10. The molecule has 4 aromatic rings. The number of rotatable bonds is 4. The van der Waals surface area contributed by atoms with Crippen molar-refractivity contribution >= 4 is 40.2 Å². The van der Waals surface area contributed by atoms with Crippen LogP contribution in [0.4, 0.5) is 11.5 Å². The van der Waals surface area contributed by atoms with Crippen LogP contribution in [0.2, 0.25) is 5.02 Å². The average Bonchev–Trinajstić information content (AvgIpc) is 3.21. The molecule has 1 unspecified atom stereocenters. The highest BCUT2D eigenvalue weighted by Crippen LogP contribution is 2.44. The van der Waals surface area contributed by atoms with E-state index in [0.717, 1.165) is 33.7 Å². The summed E-state index contributed by atoms with van der Waals surface area (Å²) in [4.78, 5) is 14.6. The third-order valence-corrected chi connectivity index (χ3v) is 5.44. The Morgan fingerprint density at radius 3 is 2.93 bits per heavy atom. The van der Waals surface area contributed by atoms with E-state index in [-0.39, 0.29) is 12.6 Å². The highest BCUT2D eigenvalue weighted by Gasteiger charge is 2.31. The maximum Gasteiger partial charge on any atom is 0.154 e. The number of pyridine rings is 1. The highest BCUT2D eigenvalue weighted by atomic mass is 35.5. The van der Waals surface area contributed by atoms with E-state index in [0.29, 0.717) is 23.2 Å².